The summed E-state index contributed by atoms with van der Waals surface area (Å²) >= 11 is 5.77. The van der Waals surface area contributed by atoms with E-state index in [1.165, 1.54) is 6.92 Å². The van der Waals surface area contributed by atoms with E-state index in [2.05, 4.69) is 15.5 Å². The Hall–Kier alpha value is -2.09. The summed E-state index contributed by atoms with van der Waals surface area (Å²) < 4.78 is 41.7. The fourth-order valence-corrected chi connectivity index (χ4v) is 1.90. The van der Waals surface area contributed by atoms with Gasteiger partial charge >= 0.3 is 6.18 Å². The Bertz CT molecular complexity index is 655. The second kappa shape index (κ2) is 6.35. The van der Waals surface area contributed by atoms with Crippen LogP contribution >= 0.6 is 11.6 Å². The van der Waals surface area contributed by atoms with Crippen molar-refractivity contribution in [2.24, 2.45) is 0 Å². The summed E-state index contributed by atoms with van der Waals surface area (Å²) in [4.78, 5) is 15.5. The number of halogens is 4. The van der Waals surface area contributed by atoms with Gasteiger partial charge in [-0.1, -0.05) is 28.9 Å². The van der Waals surface area contributed by atoms with E-state index in [9.17, 15) is 18.0 Å². The average Bonchev–Trinajstić information content (AvgIpc) is 2.81. The number of alkyl halides is 3. The highest BCUT2D eigenvalue weighted by Crippen LogP contribution is 2.24. The van der Waals surface area contributed by atoms with Gasteiger partial charge in [-0.2, -0.15) is 18.2 Å². The van der Waals surface area contributed by atoms with Crippen molar-refractivity contribution in [2.45, 2.75) is 25.6 Å². The number of rotatable bonds is 4. The number of nitrogens with one attached hydrogen (secondary N) is 1. The van der Waals surface area contributed by atoms with Crippen LogP contribution in [-0.2, 0) is 4.79 Å². The Morgan fingerprint density at radius 1 is 1.36 bits per heavy atom. The van der Waals surface area contributed by atoms with E-state index in [1.54, 1.807) is 24.3 Å². The van der Waals surface area contributed by atoms with E-state index in [4.69, 9.17) is 16.1 Å². The van der Waals surface area contributed by atoms with Gasteiger partial charge in [0.1, 0.15) is 12.5 Å². The SMILES string of the molecule is Cc1nc([C@H](NC(=O)CC(F)(F)F)c2ccc(Cl)cc2)no1. The van der Waals surface area contributed by atoms with Crippen molar-refractivity contribution in [3.63, 3.8) is 0 Å². The molecule has 0 aliphatic rings. The zero-order valence-electron chi connectivity index (χ0n) is 11.3. The number of benzene rings is 1. The van der Waals surface area contributed by atoms with Gasteiger partial charge in [0.25, 0.3) is 0 Å². The number of amides is 1. The van der Waals surface area contributed by atoms with Crippen LogP contribution in [0.2, 0.25) is 5.02 Å². The van der Waals surface area contributed by atoms with E-state index < -0.39 is 24.5 Å². The summed E-state index contributed by atoms with van der Waals surface area (Å²) in [6.07, 6.45) is -6.18. The molecule has 0 spiro atoms. The molecule has 1 atom stereocenters. The molecule has 0 radical (unpaired) electrons. The molecule has 9 heteroatoms. The number of aryl methyl sites for hydroxylation is 1. The molecule has 0 aliphatic heterocycles. The first-order valence-electron chi connectivity index (χ1n) is 6.16. The third kappa shape index (κ3) is 4.45. The molecule has 0 bridgehead atoms. The molecular formula is C13H11ClF3N3O2. The molecule has 1 N–H and O–H groups in total. The first-order valence-corrected chi connectivity index (χ1v) is 6.54. The fraction of sp³-hybridized carbons (Fsp3) is 0.308. The van der Waals surface area contributed by atoms with Crippen molar-refractivity contribution >= 4 is 17.5 Å². The number of hydrogen-bond donors (Lipinski definition) is 1. The zero-order valence-corrected chi connectivity index (χ0v) is 12.1. The summed E-state index contributed by atoms with van der Waals surface area (Å²) in [5, 5.41) is 6.35. The first-order chi connectivity index (χ1) is 10.2. The predicted octanol–water partition coefficient (Wildman–Crippen LogP) is 3.19. The van der Waals surface area contributed by atoms with Crippen LogP contribution in [0.25, 0.3) is 0 Å². The lowest BCUT2D eigenvalue weighted by atomic mass is 10.1. The summed E-state index contributed by atoms with van der Waals surface area (Å²) in [5.41, 5.74) is 0.487. The minimum Gasteiger partial charge on any atom is -0.342 e. The van der Waals surface area contributed by atoms with Crippen LogP contribution in [-0.4, -0.2) is 22.2 Å². The van der Waals surface area contributed by atoms with Crippen molar-refractivity contribution in [3.8, 4) is 0 Å². The largest absolute Gasteiger partial charge is 0.397 e. The molecule has 22 heavy (non-hydrogen) atoms. The van der Waals surface area contributed by atoms with Crippen molar-refractivity contribution in [3.05, 3.63) is 46.6 Å². The highest BCUT2D eigenvalue weighted by atomic mass is 35.5. The van der Waals surface area contributed by atoms with Gasteiger partial charge in [-0.25, -0.2) is 0 Å². The molecule has 0 aliphatic carbocycles. The highest BCUT2D eigenvalue weighted by molar-refractivity contribution is 6.30. The van der Waals surface area contributed by atoms with Gasteiger partial charge in [-0.05, 0) is 17.7 Å². The van der Waals surface area contributed by atoms with Crippen LogP contribution in [0, 0.1) is 6.92 Å². The van der Waals surface area contributed by atoms with Crippen molar-refractivity contribution in [2.75, 3.05) is 0 Å². The monoisotopic (exact) mass is 333 g/mol. The zero-order chi connectivity index (χ0) is 16.3. The van der Waals surface area contributed by atoms with Crippen LogP contribution in [0.1, 0.15) is 29.7 Å². The standard InChI is InChI=1S/C13H11ClF3N3O2/c1-7-18-12(20-22-7)11(8-2-4-9(14)5-3-8)19-10(21)6-13(15,16)17/h2-5,11H,6H2,1H3,(H,19,21)/t11-/m1/s1. The number of carbonyl (C=O) groups is 1. The van der Waals surface area contributed by atoms with Gasteiger partial charge in [0.05, 0.1) is 0 Å². The Morgan fingerprint density at radius 3 is 2.50 bits per heavy atom. The van der Waals surface area contributed by atoms with Crippen molar-refractivity contribution in [1.29, 1.82) is 0 Å². The number of carbonyl (C=O) groups excluding carboxylic acids is 1. The maximum absolute atomic E-state index is 12.3. The molecule has 1 aromatic carbocycles. The summed E-state index contributed by atoms with van der Waals surface area (Å²) in [6.45, 7) is 1.53. The molecule has 0 saturated carbocycles. The third-order valence-electron chi connectivity index (χ3n) is 2.67. The van der Waals surface area contributed by atoms with Crippen LogP contribution < -0.4 is 5.32 Å². The van der Waals surface area contributed by atoms with Crippen LogP contribution in [0.5, 0.6) is 0 Å². The normalized spacial score (nSPS) is 13.0. The van der Waals surface area contributed by atoms with E-state index in [0.717, 1.165) is 0 Å². The number of hydrogen-bond acceptors (Lipinski definition) is 4. The highest BCUT2D eigenvalue weighted by Gasteiger charge is 2.33. The summed E-state index contributed by atoms with van der Waals surface area (Å²) in [5.74, 6) is -0.885. The second-order valence-corrected chi connectivity index (χ2v) is 4.95. The molecule has 0 fully saturated rings. The Balaban J connectivity index is 2.26. The Labute approximate surface area is 128 Å². The molecule has 0 unspecified atom stereocenters. The minimum absolute atomic E-state index is 0.0651. The lowest BCUT2D eigenvalue weighted by molar-refractivity contribution is -0.154. The van der Waals surface area contributed by atoms with Gasteiger partial charge in [-0.15, -0.1) is 0 Å². The second-order valence-electron chi connectivity index (χ2n) is 4.52. The van der Waals surface area contributed by atoms with E-state index in [0.29, 0.717) is 10.6 Å². The molecule has 2 aromatic rings. The molecule has 118 valence electrons. The smallest absolute Gasteiger partial charge is 0.342 e. The van der Waals surface area contributed by atoms with E-state index in [-0.39, 0.29) is 11.7 Å². The third-order valence-corrected chi connectivity index (χ3v) is 2.92. The molecule has 0 saturated heterocycles. The van der Waals surface area contributed by atoms with Crippen LogP contribution in [0.4, 0.5) is 13.2 Å². The number of aromatic nitrogens is 2. The quantitative estimate of drug-likeness (QED) is 0.933. The molecular weight excluding hydrogens is 323 g/mol. The molecule has 1 amide bonds. The molecule has 5 nitrogen and oxygen atoms in total. The van der Waals surface area contributed by atoms with Crippen LogP contribution in [0.3, 0.4) is 0 Å². The van der Waals surface area contributed by atoms with Gasteiger partial charge in [0, 0.05) is 11.9 Å². The summed E-state index contributed by atoms with van der Waals surface area (Å²) in [6, 6.07) is 5.27. The van der Waals surface area contributed by atoms with Crippen LogP contribution in [0.15, 0.2) is 28.8 Å². The lowest BCUT2D eigenvalue weighted by Gasteiger charge is -2.16. The topological polar surface area (TPSA) is 68.0 Å². The molecule has 1 heterocycles. The lowest BCUT2D eigenvalue weighted by Crippen LogP contribution is -2.33. The molecule has 2 rings (SSSR count). The van der Waals surface area contributed by atoms with Gasteiger partial charge < -0.3 is 9.84 Å². The van der Waals surface area contributed by atoms with E-state index in [1.807, 2.05) is 0 Å². The first kappa shape index (κ1) is 16.3. The molecule has 1 aromatic heterocycles. The van der Waals surface area contributed by atoms with Gasteiger partial charge in [-0.3, -0.25) is 4.79 Å². The van der Waals surface area contributed by atoms with E-state index >= 15 is 0 Å². The Kier molecular flexibility index (Phi) is 4.70. The van der Waals surface area contributed by atoms with Gasteiger partial charge in [0.2, 0.25) is 11.8 Å². The van der Waals surface area contributed by atoms with Gasteiger partial charge in [0.15, 0.2) is 5.82 Å². The fourth-order valence-electron chi connectivity index (χ4n) is 1.78. The maximum Gasteiger partial charge on any atom is 0.397 e. The average molecular weight is 334 g/mol. The Morgan fingerprint density at radius 2 is 2.00 bits per heavy atom. The predicted molar refractivity (Wildman–Crippen MR) is 71.1 cm³/mol. The number of nitrogens with zero attached hydrogens (tertiary/aromatic N) is 2. The van der Waals surface area contributed by atoms with Crippen molar-refractivity contribution < 1.29 is 22.5 Å². The minimum atomic E-state index is -4.60. The summed E-state index contributed by atoms with van der Waals surface area (Å²) in [7, 11) is 0. The van der Waals surface area contributed by atoms with Crippen molar-refractivity contribution in [1.82, 2.24) is 15.5 Å². The maximum atomic E-state index is 12.3.